The smallest absolute Gasteiger partial charge is 0.268 e. The highest BCUT2D eigenvalue weighted by atomic mass is 16.5. The maximum absolute atomic E-state index is 12.5. The fourth-order valence-electron chi connectivity index (χ4n) is 3.06. The van der Waals surface area contributed by atoms with E-state index in [0.29, 0.717) is 23.9 Å². The van der Waals surface area contributed by atoms with Crippen molar-refractivity contribution in [3.8, 4) is 5.75 Å². The zero-order chi connectivity index (χ0) is 16.6. The summed E-state index contributed by atoms with van der Waals surface area (Å²) in [5.74, 6) is 0.654. The molecule has 0 spiro atoms. The van der Waals surface area contributed by atoms with E-state index in [0.717, 1.165) is 12.8 Å². The van der Waals surface area contributed by atoms with Crippen molar-refractivity contribution in [1.82, 2.24) is 5.32 Å². The molecule has 2 amide bonds. The number of hydrogen-bond acceptors (Lipinski definition) is 4. The highest BCUT2D eigenvalue weighted by molar-refractivity contribution is 6.03. The summed E-state index contributed by atoms with van der Waals surface area (Å²) in [5.41, 5.74) is 6.08. The molecule has 2 atom stereocenters. The minimum Gasteiger partial charge on any atom is -0.479 e. The van der Waals surface area contributed by atoms with E-state index in [-0.39, 0.29) is 18.4 Å². The van der Waals surface area contributed by atoms with Gasteiger partial charge in [0.1, 0.15) is 12.3 Å². The molecular weight excluding hydrogens is 294 g/mol. The van der Waals surface area contributed by atoms with Crippen molar-refractivity contribution in [1.29, 1.82) is 0 Å². The summed E-state index contributed by atoms with van der Waals surface area (Å²) in [7, 11) is 0. The van der Waals surface area contributed by atoms with Crippen LogP contribution < -0.4 is 20.7 Å². The summed E-state index contributed by atoms with van der Waals surface area (Å²) in [6, 6.07) is 7.26. The first kappa shape index (κ1) is 15.8. The van der Waals surface area contributed by atoms with Gasteiger partial charge in [0.15, 0.2) is 6.10 Å². The average molecular weight is 317 g/mol. The second-order valence-electron chi connectivity index (χ2n) is 6.60. The first-order valence-corrected chi connectivity index (χ1v) is 8.03. The lowest BCUT2D eigenvalue weighted by Gasteiger charge is -2.34. The highest BCUT2D eigenvalue weighted by Crippen LogP contribution is 2.39. The van der Waals surface area contributed by atoms with E-state index in [9.17, 15) is 9.59 Å². The fraction of sp³-hybridized carbons (Fsp3) is 0.529. The van der Waals surface area contributed by atoms with Crippen molar-refractivity contribution in [3.05, 3.63) is 24.3 Å². The first-order valence-electron chi connectivity index (χ1n) is 8.03. The Bertz CT molecular complexity index is 629. The number of para-hydroxylation sites is 2. The number of ether oxygens (including phenoxy) is 1. The van der Waals surface area contributed by atoms with Gasteiger partial charge in [-0.25, -0.2) is 0 Å². The molecule has 0 bridgehead atoms. The lowest BCUT2D eigenvalue weighted by molar-refractivity contribution is -0.128. The Morgan fingerprint density at radius 1 is 1.43 bits per heavy atom. The topological polar surface area (TPSA) is 84.7 Å². The molecule has 23 heavy (non-hydrogen) atoms. The third kappa shape index (κ3) is 3.03. The number of nitrogens with zero attached hydrogens (tertiary/aromatic N) is 1. The largest absolute Gasteiger partial charge is 0.479 e. The van der Waals surface area contributed by atoms with Crippen LogP contribution in [0.2, 0.25) is 0 Å². The Morgan fingerprint density at radius 2 is 2.13 bits per heavy atom. The first-order chi connectivity index (χ1) is 10.9. The summed E-state index contributed by atoms with van der Waals surface area (Å²) in [6.07, 6.45) is 1.58. The third-order valence-electron chi connectivity index (χ3n) is 4.70. The standard InChI is InChI=1S/C17H23N3O3/c1-11-16(22)20(13-5-3-4-6-14(13)23-11)9-15(21)19-17(2,10-18)12-7-8-12/h3-6,11-12H,7-10,18H2,1-2H3,(H,19,21). The molecule has 2 aliphatic rings. The number of hydrogen-bond donors (Lipinski definition) is 2. The second kappa shape index (κ2) is 5.85. The van der Waals surface area contributed by atoms with Crippen LogP contribution >= 0.6 is 0 Å². The zero-order valence-corrected chi connectivity index (χ0v) is 13.5. The van der Waals surface area contributed by atoms with Gasteiger partial charge in [-0.15, -0.1) is 0 Å². The van der Waals surface area contributed by atoms with Crippen molar-refractivity contribution < 1.29 is 14.3 Å². The van der Waals surface area contributed by atoms with Crippen LogP contribution in [0.25, 0.3) is 0 Å². The van der Waals surface area contributed by atoms with Gasteiger partial charge >= 0.3 is 0 Å². The lowest BCUT2D eigenvalue weighted by atomic mass is 9.96. The fourth-order valence-corrected chi connectivity index (χ4v) is 3.06. The van der Waals surface area contributed by atoms with Crippen LogP contribution in [0.1, 0.15) is 26.7 Å². The number of fused-ring (bicyclic) bond motifs is 1. The maximum Gasteiger partial charge on any atom is 0.268 e. The SMILES string of the molecule is CC1Oc2ccccc2N(CC(=O)NC(C)(CN)C2CC2)C1=O. The molecule has 0 aromatic heterocycles. The van der Waals surface area contributed by atoms with Crippen molar-refractivity contribution in [2.45, 2.75) is 38.3 Å². The van der Waals surface area contributed by atoms with Crippen molar-refractivity contribution in [2.75, 3.05) is 18.0 Å². The Balaban J connectivity index is 1.76. The number of carbonyl (C=O) groups excluding carboxylic acids is 2. The Labute approximate surface area is 136 Å². The molecule has 1 aromatic carbocycles. The molecule has 2 unspecified atom stereocenters. The number of amides is 2. The molecule has 0 radical (unpaired) electrons. The Hall–Kier alpha value is -2.08. The average Bonchev–Trinajstić information content (AvgIpc) is 3.37. The van der Waals surface area contributed by atoms with E-state index in [2.05, 4.69) is 5.32 Å². The van der Waals surface area contributed by atoms with Gasteiger partial charge in [-0.1, -0.05) is 12.1 Å². The van der Waals surface area contributed by atoms with Gasteiger partial charge in [-0.05, 0) is 44.7 Å². The maximum atomic E-state index is 12.5. The molecule has 1 fully saturated rings. The van der Waals surface area contributed by atoms with E-state index < -0.39 is 11.6 Å². The van der Waals surface area contributed by atoms with E-state index in [1.807, 2.05) is 19.1 Å². The van der Waals surface area contributed by atoms with Gasteiger partial charge in [-0.2, -0.15) is 0 Å². The van der Waals surface area contributed by atoms with Crippen molar-refractivity contribution in [3.63, 3.8) is 0 Å². The van der Waals surface area contributed by atoms with E-state index >= 15 is 0 Å². The van der Waals surface area contributed by atoms with Crippen molar-refractivity contribution in [2.24, 2.45) is 11.7 Å². The van der Waals surface area contributed by atoms with Gasteiger partial charge in [-0.3, -0.25) is 14.5 Å². The van der Waals surface area contributed by atoms with Gasteiger partial charge in [0.2, 0.25) is 5.91 Å². The molecule has 1 aliphatic carbocycles. The minimum atomic E-state index is -0.595. The molecule has 0 saturated heterocycles. The number of benzene rings is 1. The quantitative estimate of drug-likeness (QED) is 0.850. The summed E-state index contributed by atoms with van der Waals surface area (Å²) in [4.78, 5) is 26.4. The predicted molar refractivity (Wildman–Crippen MR) is 87.2 cm³/mol. The zero-order valence-electron chi connectivity index (χ0n) is 13.5. The van der Waals surface area contributed by atoms with Gasteiger partial charge in [0.25, 0.3) is 5.91 Å². The van der Waals surface area contributed by atoms with Crippen LogP contribution in [0.4, 0.5) is 5.69 Å². The summed E-state index contributed by atoms with van der Waals surface area (Å²) in [5, 5.41) is 3.02. The van der Waals surface area contributed by atoms with Crippen LogP contribution in [-0.4, -0.2) is 36.5 Å². The molecule has 1 heterocycles. The van der Waals surface area contributed by atoms with Crippen LogP contribution in [0.3, 0.4) is 0 Å². The summed E-state index contributed by atoms with van der Waals surface area (Å²) in [6.45, 7) is 4.04. The van der Waals surface area contributed by atoms with Crippen LogP contribution in [0, 0.1) is 5.92 Å². The summed E-state index contributed by atoms with van der Waals surface area (Å²) >= 11 is 0. The number of nitrogens with one attached hydrogen (secondary N) is 1. The molecule has 3 rings (SSSR count). The van der Waals surface area contributed by atoms with E-state index in [1.54, 1.807) is 19.1 Å². The van der Waals surface area contributed by atoms with Crippen LogP contribution in [0.5, 0.6) is 5.75 Å². The highest BCUT2D eigenvalue weighted by Gasteiger charge is 2.42. The van der Waals surface area contributed by atoms with E-state index in [4.69, 9.17) is 10.5 Å². The number of anilines is 1. The normalized spacial score (nSPS) is 22.8. The van der Waals surface area contributed by atoms with Gasteiger partial charge < -0.3 is 15.8 Å². The molecule has 1 aliphatic heterocycles. The molecule has 1 saturated carbocycles. The van der Waals surface area contributed by atoms with Crippen molar-refractivity contribution >= 4 is 17.5 Å². The lowest BCUT2D eigenvalue weighted by Crippen LogP contribution is -2.57. The molecule has 6 nitrogen and oxygen atoms in total. The molecule has 3 N–H and O–H groups in total. The Kier molecular flexibility index (Phi) is 4.02. The number of nitrogens with two attached hydrogens (primary N) is 1. The van der Waals surface area contributed by atoms with Crippen LogP contribution in [-0.2, 0) is 9.59 Å². The second-order valence-corrected chi connectivity index (χ2v) is 6.60. The Morgan fingerprint density at radius 3 is 2.78 bits per heavy atom. The molecule has 1 aromatic rings. The van der Waals surface area contributed by atoms with Gasteiger partial charge in [0, 0.05) is 6.54 Å². The summed E-state index contributed by atoms with van der Waals surface area (Å²) < 4.78 is 5.58. The number of rotatable bonds is 5. The molecular formula is C17H23N3O3. The number of carbonyl (C=O) groups is 2. The van der Waals surface area contributed by atoms with Gasteiger partial charge in [0.05, 0.1) is 11.2 Å². The third-order valence-corrected chi connectivity index (χ3v) is 4.70. The predicted octanol–water partition coefficient (Wildman–Crippen LogP) is 1.04. The minimum absolute atomic E-state index is 0.0220. The molecule has 6 heteroatoms. The molecule has 124 valence electrons. The van der Waals surface area contributed by atoms with E-state index in [1.165, 1.54) is 4.90 Å². The monoisotopic (exact) mass is 317 g/mol. The van der Waals surface area contributed by atoms with Crippen LogP contribution in [0.15, 0.2) is 24.3 Å².